The lowest BCUT2D eigenvalue weighted by atomic mass is 10.1. The molecule has 0 heterocycles. The maximum absolute atomic E-state index is 11.3. The summed E-state index contributed by atoms with van der Waals surface area (Å²) >= 11 is 1.20. The monoisotopic (exact) mass is 260 g/mol. The molecule has 2 rings (SSSR count). The topological polar surface area (TPSA) is 57.5 Å². The van der Waals surface area contributed by atoms with Gasteiger partial charge in [0, 0.05) is 4.90 Å². The molecule has 0 radical (unpaired) electrons. The fourth-order valence-electron chi connectivity index (χ4n) is 1.58. The summed E-state index contributed by atoms with van der Waals surface area (Å²) in [4.78, 5) is 12.0. The quantitative estimate of drug-likeness (QED) is 0.828. The van der Waals surface area contributed by atoms with Crippen LogP contribution in [0.5, 0.6) is 5.75 Å². The van der Waals surface area contributed by atoms with Crippen molar-refractivity contribution in [3.63, 3.8) is 0 Å². The SMILES string of the molecule is O=C(O)C(Sc1cccc(O)c1)c1ccccc1. The van der Waals surface area contributed by atoms with E-state index in [1.165, 1.54) is 11.8 Å². The number of phenols is 1. The third kappa shape index (κ3) is 3.05. The average Bonchev–Trinajstić information content (AvgIpc) is 2.37. The Labute approximate surface area is 109 Å². The first-order chi connectivity index (χ1) is 8.66. The summed E-state index contributed by atoms with van der Waals surface area (Å²) in [5, 5.41) is 18.0. The Kier molecular flexibility index (Phi) is 3.89. The van der Waals surface area contributed by atoms with Gasteiger partial charge in [0.15, 0.2) is 0 Å². The Balaban J connectivity index is 2.25. The Hall–Kier alpha value is -1.94. The third-order valence-corrected chi connectivity index (χ3v) is 3.63. The number of phenolic OH excluding ortho intramolecular Hbond substituents is 1. The van der Waals surface area contributed by atoms with Crippen LogP contribution in [0, 0.1) is 0 Å². The van der Waals surface area contributed by atoms with Crippen LogP contribution < -0.4 is 0 Å². The normalized spacial score (nSPS) is 12.0. The van der Waals surface area contributed by atoms with Crippen molar-refractivity contribution in [2.24, 2.45) is 0 Å². The molecule has 4 heteroatoms. The molecular weight excluding hydrogens is 248 g/mol. The number of benzene rings is 2. The molecule has 0 aliphatic heterocycles. The van der Waals surface area contributed by atoms with E-state index < -0.39 is 11.2 Å². The second-order valence-electron chi connectivity index (χ2n) is 3.74. The van der Waals surface area contributed by atoms with E-state index in [0.717, 1.165) is 10.5 Å². The zero-order valence-electron chi connectivity index (χ0n) is 9.48. The number of hydrogen-bond donors (Lipinski definition) is 2. The molecule has 3 nitrogen and oxygen atoms in total. The van der Waals surface area contributed by atoms with Crippen molar-refractivity contribution in [3.05, 3.63) is 60.2 Å². The minimum absolute atomic E-state index is 0.136. The van der Waals surface area contributed by atoms with E-state index in [2.05, 4.69) is 0 Å². The van der Waals surface area contributed by atoms with E-state index in [-0.39, 0.29) is 5.75 Å². The molecule has 1 atom stereocenters. The van der Waals surface area contributed by atoms with Gasteiger partial charge in [0.25, 0.3) is 0 Å². The molecule has 0 fully saturated rings. The van der Waals surface area contributed by atoms with Gasteiger partial charge in [-0.1, -0.05) is 36.4 Å². The van der Waals surface area contributed by atoms with Gasteiger partial charge in [0.2, 0.25) is 0 Å². The maximum atomic E-state index is 11.3. The number of thioether (sulfide) groups is 1. The molecule has 0 amide bonds. The fraction of sp³-hybridized carbons (Fsp3) is 0.0714. The van der Waals surface area contributed by atoms with Crippen LogP contribution in [0.25, 0.3) is 0 Å². The zero-order valence-corrected chi connectivity index (χ0v) is 10.3. The van der Waals surface area contributed by atoms with Crippen LogP contribution in [0.4, 0.5) is 0 Å². The predicted molar refractivity (Wildman–Crippen MR) is 70.8 cm³/mol. The lowest BCUT2D eigenvalue weighted by Crippen LogP contribution is -2.07. The molecule has 18 heavy (non-hydrogen) atoms. The van der Waals surface area contributed by atoms with Crippen molar-refractivity contribution in [2.45, 2.75) is 10.1 Å². The smallest absolute Gasteiger partial charge is 0.321 e. The van der Waals surface area contributed by atoms with Crippen LogP contribution in [0.15, 0.2) is 59.5 Å². The van der Waals surface area contributed by atoms with Crippen LogP contribution in [0.2, 0.25) is 0 Å². The first-order valence-corrected chi connectivity index (χ1v) is 6.28. The number of carboxylic acids is 1. The number of rotatable bonds is 4. The van der Waals surface area contributed by atoms with Gasteiger partial charge < -0.3 is 10.2 Å². The van der Waals surface area contributed by atoms with Gasteiger partial charge in [0.1, 0.15) is 11.0 Å². The summed E-state index contributed by atoms with van der Waals surface area (Å²) in [6, 6.07) is 15.6. The molecule has 0 aliphatic carbocycles. The van der Waals surface area contributed by atoms with E-state index in [9.17, 15) is 15.0 Å². The highest BCUT2D eigenvalue weighted by molar-refractivity contribution is 8.00. The van der Waals surface area contributed by atoms with E-state index in [0.29, 0.717) is 0 Å². The maximum Gasteiger partial charge on any atom is 0.321 e. The molecule has 1 unspecified atom stereocenters. The van der Waals surface area contributed by atoms with Crippen LogP contribution in [-0.2, 0) is 4.79 Å². The van der Waals surface area contributed by atoms with Crippen molar-refractivity contribution in [3.8, 4) is 5.75 Å². The minimum Gasteiger partial charge on any atom is -0.508 e. The highest BCUT2D eigenvalue weighted by atomic mass is 32.2. The Morgan fingerprint density at radius 2 is 1.78 bits per heavy atom. The standard InChI is InChI=1S/C14H12O3S/c15-11-7-4-8-12(9-11)18-13(14(16)17)10-5-2-1-3-6-10/h1-9,13,15H,(H,16,17). The van der Waals surface area contributed by atoms with Gasteiger partial charge in [-0.2, -0.15) is 0 Å². The molecule has 2 N–H and O–H groups in total. The largest absolute Gasteiger partial charge is 0.508 e. The molecule has 0 aliphatic rings. The minimum atomic E-state index is -0.894. The van der Waals surface area contributed by atoms with E-state index in [1.54, 1.807) is 36.4 Å². The highest BCUT2D eigenvalue weighted by Crippen LogP contribution is 2.36. The van der Waals surface area contributed by atoms with E-state index in [4.69, 9.17) is 0 Å². The fourth-order valence-corrected chi connectivity index (χ4v) is 2.59. The van der Waals surface area contributed by atoms with Gasteiger partial charge >= 0.3 is 5.97 Å². The molecule has 0 bridgehead atoms. The van der Waals surface area contributed by atoms with Crippen LogP contribution in [0.3, 0.4) is 0 Å². The summed E-state index contributed by atoms with van der Waals surface area (Å²) in [6.45, 7) is 0. The van der Waals surface area contributed by atoms with Gasteiger partial charge in [-0.05, 0) is 23.8 Å². The molecule has 92 valence electrons. The van der Waals surface area contributed by atoms with Gasteiger partial charge in [-0.3, -0.25) is 4.79 Å². The second kappa shape index (κ2) is 5.60. The molecule has 2 aromatic rings. The molecular formula is C14H12O3S. The summed E-state index contributed by atoms with van der Waals surface area (Å²) < 4.78 is 0. The number of aliphatic carboxylic acids is 1. The number of aromatic hydroxyl groups is 1. The third-order valence-electron chi connectivity index (χ3n) is 2.40. The summed E-state index contributed by atoms with van der Waals surface area (Å²) in [7, 11) is 0. The summed E-state index contributed by atoms with van der Waals surface area (Å²) in [5.41, 5.74) is 0.735. The van der Waals surface area contributed by atoms with Crippen molar-refractivity contribution in [1.29, 1.82) is 0 Å². The van der Waals surface area contributed by atoms with Gasteiger partial charge in [-0.25, -0.2) is 0 Å². The molecule has 0 aromatic heterocycles. The molecule has 0 saturated carbocycles. The van der Waals surface area contributed by atoms with Crippen molar-refractivity contribution in [1.82, 2.24) is 0 Å². The lowest BCUT2D eigenvalue weighted by Gasteiger charge is -2.12. The second-order valence-corrected chi connectivity index (χ2v) is 4.92. The lowest BCUT2D eigenvalue weighted by molar-refractivity contribution is -0.136. The van der Waals surface area contributed by atoms with Crippen molar-refractivity contribution in [2.75, 3.05) is 0 Å². The van der Waals surface area contributed by atoms with Crippen LogP contribution in [0.1, 0.15) is 10.8 Å². The summed E-state index contributed by atoms with van der Waals surface area (Å²) in [5.74, 6) is -0.758. The highest BCUT2D eigenvalue weighted by Gasteiger charge is 2.20. The van der Waals surface area contributed by atoms with E-state index in [1.807, 2.05) is 18.2 Å². The Bertz CT molecular complexity index is 540. The van der Waals surface area contributed by atoms with Gasteiger partial charge in [-0.15, -0.1) is 11.8 Å². The van der Waals surface area contributed by atoms with Crippen LogP contribution >= 0.6 is 11.8 Å². The van der Waals surface area contributed by atoms with Crippen LogP contribution in [-0.4, -0.2) is 16.2 Å². The Morgan fingerprint density at radius 1 is 1.06 bits per heavy atom. The number of hydrogen-bond acceptors (Lipinski definition) is 3. The zero-order chi connectivity index (χ0) is 13.0. The number of carbonyl (C=O) groups is 1. The number of carboxylic acid groups (broad SMARTS) is 1. The molecule has 2 aromatic carbocycles. The predicted octanol–water partition coefficient (Wildman–Crippen LogP) is 3.31. The summed E-state index contributed by atoms with van der Waals surface area (Å²) in [6.07, 6.45) is 0. The van der Waals surface area contributed by atoms with Crippen molar-refractivity contribution < 1.29 is 15.0 Å². The molecule has 0 spiro atoms. The van der Waals surface area contributed by atoms with E-state index >= 15 is 0 Å². The van der Waals surface area contributed by atoms with Gasteiger partial charge in [0.05, 0.1) is 0 Å². The Morgan fingerprint density at radius 3 is 2.39 bits per heavy atom. The molecule has 0 saturated heterocycles. The van der Waals surface area contributed by atoms with Crippen molar-refractivity contribution >= 4 is 17.7 Å². The average molecular weight is 260 g/mol. The first-order valence-electron chi connectivity index (χ1n) is 5.40. The first kappa shape index (κ1) is 12.5.